The van der Waals surface area contributed by atoms with E-state index >= 15 is 0 Å². The van der Waals surface area contributed by atoms with E-state index in [0.29, 0.717) is 5.88 Å². The van der Waals surface area contributed by atoms with Crippen molar-refractivity contribution in [1.82, 2.24) is 4.98 Å². The maximum absolute atomic E-state index is 5.58. The van der Waals surface area contributed by atoms with Crippen LogP contribution >= 0.6 is 38.9 Å². The van der Waals surface area contributed by atoms with Crippen LogP contribution in [0.3, 0.4) is 0 Å². The highest BCUT2D eigenvalue weighted by atomic mass is 79.9. The molecule has 1 heterocycles. The van der Waals surface area contributed by atoms with Gasteiger partial charge in [0, 0.05) is 10.8 Å². The van der Waals surface area contributed by atoms with E-state index in [0.717, 1.165) is 16.0 Å². The van der Waals surface area contributed by atoms with E-state index in [9.17, 15) is 0 Å². The molecule has 1 nitrogen and oxygen atoms in total. The molecule has 1 rings (SSSR count). The number of nitrogens with zero attached hydrogens (tertiary/aromatic N) is 1. The summed E-state index contributed by atoms with van der Waals surface area (Å²) >= 11 is 10.6. The maximum Gasteiger partial charge on any atom is 0.159 e. The quantitative estimate of drug-likeness (QED) is 0.724. The number of aromatic nitrogens is 1. The van der Waals surface area contributed by atoms with E-state index in [1.165, 1.54) is 4.88 Å². The van der Waals surface area contributed by atoms with Crippen molar-refractivity contribution in [2.24, 2.45) is 0 Å². The monoisotopic (exact) mass is 239 g/mol. The number of halogens is 2. The van der Waals surface area contributed by atoms with Gasteiger partial charge < -0.3 is 0 Å². The zero-order valence-corrected chi connectivity index (χ0v) is 8.68. The van der Waals surface area contributed by atoms with Crippen LogP contribution < -0.4 is 0 Å². The van der Waals surface area contributed by atoms with Crippen molar-refractivity contribution in [3.63, 3.8) is 0 Å². The molecular formula is C6H7BrClNS. The molecule has 0 unspecified atom stereocenters. The molecule has 0 aliphatic rings. The van der Waals surface area contributed by atoms with Crippen molar-refractivity contribution in [2.45, 2.75) is 13.3 Å². The van der Waals surface area contributed by atoms with E-state index in [1.807, 2.05) is 6.92 Å². The lowest BCUT2D eigenvalue weighted by Gasteiger charge is -1.89. The van der Waals surface area contributed by atoms with Crippen molar-refractivity contribution in [3.05, 3.63) is 14.5 Å². The van der Waals surface area contributed by atoms with Gasteiger partial charge >= 0.3 is 0 Å². The number of hydrogen-bond acceptors (Lipinski definition) is 2. The molecule has 0 fully saturated rings. The summed E-state index contributed by atoms with van der Waals surface area (Å²) in [5.41, 5.74) is 1.09. The van der Waals surface area contributed by atoms with Crippen molar-refractivity contribution < 1.29 is 0 Å². The smallest absolute Gasteiger partial charge is 0.159 e. The Bertz CT molecular complexity index is 224. The van der Waals surface area contributed by atoms with E-state index in [2.05, 4.69) is 20.9 Å². The van der Waals surface area contributed by atoms with Gasteiger partial charge in [-0.3, -0.25) is 0 Å². The molecule has 4 heteroatoms. The molecule has 0 saturated heterocycles. The lowest BCUT2D eigenvalue weighted by molar-refractivity contribution is 1.11. The highest BCUT2D eigenvalue weighted by molar-refractivity contribution is 9.11. The summed E-state index contributed by atoms with van der Waals surface area (Å²) < 4.78 is 0.949. The first kappa shape index (κ1) is 8.50. The second-order valence-corrected chi connectivity index (χ2v) is 4.65. The fourth-order valence-corrected chi connectivity index (χ4v) is 2.65. The molecule has 0 saturated carbocycles. The summed E-state index contributed by atoms with van der Waals surface area (Å²) in [6, 6.07) is 0. The van der Waals surface area contributed by atoms with Gasteiger partial charge in [-0.15, -0.1) is 22.9 Å². The molecule has 0 spiro atoms. The Balaban J connectivity index is 2.81. The van der Waals surface area contributed by atoms with Crippen LogP contribution in [0.2, 0.25) is 0 Å². The van der Waals surface area contributed by atoms with E-state index in [1.54, 1.807) is 11.3 Å². The minimum Gasteiger partial charge on any atom is -0.234 e. The molecule has 0 bridgehead atoms. The Labute approximate surface area is 77.6 Å². The molecule has 0 aromatic carbocycles. The van der Waals surface area contributed by atoms with Crippen LogP contribution in [0.4, 0.5) is 0 Å². The van der Waals surface area contributed by atoms with Crippen molar-refractivity contribution >= 4 is 38.9 Å². The minimum absolute atomic E-state index is 0.676. The fraction of sp³-hybridized carbons (Fsp3) is 0.500. The Kier molecular flexibility index (Phi) is 3.14. The molecule has 1 aromatic rings. The van der Waals surface area contributed by atoms with Crippen molar-refractivity contribution in [2.75, 3.05) is 5.88 Å². The number of thiazole rings is 1. The molecule has 56 valence electrons. The number of hydrogen-bond donors (Lipinski definition) is 0. The Morgan fingerprint density at radius 3 is 2.80 bits per heavy atom. The van der Waals surface area contributed by atoms with Crippen molar-refractivity contribution in [1.29, 1.82) is 0 Å². The third kappa shape index (κ3) is 1.94. The second-order valence-electron chi connectivity index (χ2n) is 1.91. The van der Waals surface area contributed by atoms with E-state index in [4.69, 9.17) is 11.6 Å². The second kappa shape index (κ2) is 3.69. The summed E-state index contributed by atoms with van der Waals surface area (Å²) in [7, 11) is 0. The summed E-state index contributed by atoms with van der Waals surface area (Å²) in [4.78, 5) is 5.49. The Morgan fingerprint density at radius 1 is 1.70 bits per heavy atom. The van der Waals surface area contributed by atoms with Crippen LogP contribution in [0.25, 0.3) is 0 Å². The summed E-state index contributed by atoms with van der Waals surface area (Å²) in [5.74, 6) is 0.676. The molecule has 0 amide bonds. The molecule has 1 aromatic heterocycles. The number of rotatable bonds is 2. The SMILES string of the molecule is Cc1nc(Br)sc1CCCl. The first-order chi connectivity index (χ1) is 4.74. The van der Waals surface area contributed by atoms with Gasteiger partial charge in [-0.1, -0.05) is 0 Å². The normalized spacial score (nSPS) is 10.3. The molecule has 10 heavy (non-hydrogen) atoms. The van der Waals surface area contributed by atoms with Gasteiger partial charge in [0.15, 0.2) is 3.92 Å². The minimum atomic E-state index is 0.676. The summed E-state index contributed by atoms with van der Waals surface area (Å²) in [5, 5.41) is 0. The van der Waals surface area contributed by atoms with Crippen molar-refractivity contribution in [3.8, 4) is 0 Å². The average Bonchev–Trinajstić information content (AvgIpc) is 2.13. The molecule has 0 atom stereocenters. The largest absolute Gasteiger partial charge is 0.234 e. The summed E-state index contributed by atoms with van der Waals surface area (Å²) in [6.07, 6.45) is 0.927. The van der Waals surface area contributed by atoms with Gasteiger partial charge in [0.1, 0.15) is 0 Å². The van der Waals surface area contributed by atoms with Crippen LogP contribution in [0, 0.1) is 6.92 Å². The predicted molar refractivity (Wildman–Crippen MR) is 49.0 cm³/mol. The first-order valence-electron chi connectivity index (χ1n) is 2.92. The molecule has 0 N–H and O–H groups in total. The topological polar surface area (TPSA) is 12.9 Å². The van der Waals surface area contributed by atoms with Gasteiger partial charge in [-0.05, 0) is 29.3 Å². The lowest BCUT2D eigenvalue weighted by Crippen LogP contribution is -1.83. The standard InChI is InChI=1S/C6H7BrClNS/c1-4-5(2-3-8)10-6(7)9-4/h2-3H2,1H3. The van der Waals surface area contributed by atoms with Gasteiger partial charge in [0.05, 0.1) is 5.69 Å². The highest BCUT2D eigenvalue weighted by Gasteiger charge is 2.03. The first-order valence-corrected chi connectivity index (χ1v) is 5.06. The molecule has 0 aliphatic heterocycles. The van der Waals surface area contributed by atoms with E-state index in [-0.39, 0.29) is 0 Å². The summed E-state index contributed by atoms with van der Waals surface area (Å²) in [6.45, 7) is 2.00. The average molecular weight is 241 g/mol. The van der Waals surface area contributed by atoms with Gasteiger partial charge in [-0.2, -0.15) is 0 Å². The zero-order valence-electron chi connectivity index (χ0n) is 5.53. The Morgan fingerprint density at radius 2 is 2.40 bits per heavy atom. The molecule has 0 radical (unpaired) electrons. The van der Waals surface area contributed by atoms with Crippen LogP contribution in [-0.4, -0.2) is 10.9 Å². The maximum atomic E-state index is 5.58. The van der Waals surface area contributed by atoms with E-state index < -0.39 is 0 Å². The van der Waals surface area contributed by atoms with Crippen LogP contribution in [0.15, 0.2) is 3.92 Å². The third-order valence-electron chi connectivity index (χ3n) is 1.19. The van der Waals surface area contributed by atoms with Crippen LogP contribution in [0.1, 0.15) is 10.6 Å². The van der Waals surface area contributed by atoms with Gasteiger partial charge in [0.2, 0.25) is 0 Å². The Hall–Kier alpha value is 0.400. The highest BCUT2D eigenvalue weighted by Crippen LogP contribution is 2.23. The number of aryl methyl sites for hydroxylation is 2. The zero-order chi connectivity index (χ0) is 7.56. The lowest BCUT2D eigenvalue weighted by atomic mass is 10.3. The fourth-order valence-electron chi connectivity index (χ4n) is 0.710. The van der Waals surface area contributed by atoms with Crippen LogP contribution in [-0.2, 0) is 6.42 Å². The van der Waals surface area contributed by atoms with Crippen LogP contribution in [0.5, 0.6) is 0 Å². The van der Waals surface area contributed by atoms with Gasteiger partial charge in [-0.25, -0.2) is 4.98 Å². The molecule has 0 aliphatic carbocycles. The third-order valence-corrected chi connectivity index (χ3v) is 3.05. The molecular weight excluding hydrogens is 233 g/mol. The number of alkyl halides is 1. The van der Waals surface area contributed by atoms with Gasteiger partial charge in [0.25, 0.3) is 0 Å². The predicted octanol–water partition coefficient (Wildman–Crippen LogP) is 3.00.